The lowest BCUT2D eigenvalue weighted by Crippen LogP contribution is -2.18. The van der Waals surface area contributed by atoms with Gasteiger partial charge in [-0.05, 0) is 68.4 Å². The molecule has 0 bridgehead atoms. The van der Waals surface area contributed by atoms with Crippen molar-refractivity contribution >= 4 is 21.8 Å². The third-order valence-electron chi connectivity index (χ3n) is 7.67. The van der Waals surface area contributed by atoms with E-state index in [0.717, 1.165) is 19.5 Å². The molecule has 0 spiro atoms. The second-order valence-corrected chi connectivity index (χ2v) is 9.95. The topological polar surface area (TPSA) is 8.17 Å². The second-order valence-electron chi connectivity index (χ2n) is 9.95. The molecule has 1 heterocycles. The normalized spacial score (nSPS) is 10.8. The third-order valence-corrected chi connectivity index (χ3v) is 7.67. The van der Waals surface area contributed by atoms with Gasteiger partial charge in [-0.25, -0.2) is 0 Å². The highest BCUT2D eigenvalue weighted by atomic mass is 15.0. The molecule has 0 aliphatic heterocycles. The number of nitrogens with zero attached hydrogens (tertiary/aromatic N) is 2. The molecule has 0 radical (unpaired) electrons. The van der Waals surface area contributed by atoms with Crippen LogP contribution in [0.15, 0.2) is 97.1 Å². The molecule has 2 heteroatoms. The van der Waals surface area contributed by atoms with Crippen molar-refractivity contribution in [1.29, 1.82) is 0 Å². The Labute approximate surface area is 285 Å². The minimum Gasteiger partial charge on any atom is -0.341 e. The summed E-state index contributed by atoms with van der Waals surface area (Å²) >= 11 is 0. The standard InChI is InChI=1S/C16H16.C14H13N.C4H11N.5C2H6/c1-3-16(2)14-10-6-4-8-12(14)13-9-5-7-11-15(13)16;1-2-15-13-9-5-3-7-11(13)12-8-4-6-10-14(12)15;1-4-5(2)3;5*1-2/h4-11H,3H2,1-2H3;3-10H,2H2,1H3;4H2,1-3H3;5*1-2H3. The largest absolute Gasteiger partial charge is 0.341 e. The molecule has 0 N–H and O–H groups in total. The number of para-hydroxylation sites is 2. The summed E-state index contributed by atoms with van der Waals surface area (Å²) in [5, 5.41) is 2.71. The van der Waals surface area contributed by atoms with Gasteiger partial charge in [0, 0.05) is 33.8 Å². The van der Waals surface area contributed by atoms with Gasteiger partial charge in [0.05, 0.1) is 0 Å². The summed E-state index contributed by atoms with van der Waals surface area (Å²) < 4.78 is 2.37. The molecule has 1 aromatic heterocycles. The first-order chi connectivity index (χ1) is 22.5. The Morgan fingerprint density at radius 1 is 0.500 bits per heavy atom. The highest BCUT2D eigenvalue weighted by Gasteiger charge is 2.36. The molecular weight excluding hydrogens is 556 g/mol. The van der Waals surface area contributed by atoms with Gasteiger partial charge in [-0.3, -0.25) is 0 Å². The Morgan fingerprint density at radius 2 is 0.804 bits per heavy atom. The zero-order chi connectivity index (χ0) is 35.7. The van der Waals surface area contributed by atoms with Gasteiger partial charge >= 0.3 is 0 Å². The first-order valence-corrected chi connectivity index (χ1v) is 18.3. The summed E-state index contributed by atoms with van der Waals surface area (Å²) in [6, 6.07) is 34.8. The average Bonchev–Trinajstić information content (AvgIpc) is 3.62. The molecule has 5 aromatic rings. The molecule has 0 fully saturated rings. The molecule has 46 heavy (non-hydrogen) atoms. The quantitative estimate of drug-likeness (QED) is 0.193. The van der Waals surface area contributed by atoms with Crippen molar-refractivity contribution in [2.45, 2.75) is 115 Å². The maximum absolute atomic E-state index is 2.37. The molecule has 2 nitrogen and oxygen atoms in total. The maximum atomic E-state index is 2.37. The number of aromatic nitrogens is 1. The molecule has 1 aliphatic carbocycles. The molecule has 0 atom stereocenters. The van der Waals surface area contributed by atoms with Crippen molar-refractivity contribution < 1.29 is 0 Å². The molecule has 6 rings (SSSR count). The van der Waals surface area contributed by atoms with E-state index >= 15 is 0 Å². The molecule has 1 aliphatic rings. The van der Waals surface area contributed by atoms with Crippen molar-refractivity contribution in [1.82, 2.24) is 9.47 Å². The predicted molar refractivity (Wildman–Crippen MR) is 215 cm³/mol. The number of fused-ring (bicyclic) bond motifs is 6. The van der Waals surface area contributed by atoms with E-state index in [0.29, 0.717) is 0 Å². The van der Waals surface area contributed by atoms with Crippen LogP contribution in [0.3, 0.4) is 0 Å². The summed E-state index contributed by atoms with van der Waals surface area (Å²) in [5.74, 6) is 0. The number of aryl methyl sites for hydroxylation is 1. The molecular formula is C44H70N2. The Morgan fingerprint density at radius 3 is 1.11 bits per heavy atom. The van der Waals surface area contributed by atoms with E-state index < -0.39 is 0 Å². The van der Waals surface area contributed by atoms with Gasteiger partial charge in [0.15, 0.2) is 0 Å². The third kappa shape index (κ3) is 11.2. The van der Waals surface area contributed by atoms with E-state index in [2.05, 4.69) is 148 Å². The Bertz CT molecular complexity index is 1340. The number of rotatable bonds is 3. The van der Waals surface area contributed by atoms with E-state index in [-0.39, 0.29) is 5.41 Å². The SMILES string of the molecule is CC.CC.CC.CC.CC.CCC1(C)c2ccccc2-c2ccccc21.CCN(C)C.CCn1c2ccccc2c2ccccc21. The van der Waals surface area contributed by atoms with E-state index in [1.54, 1.807) is 0 Å². The summed E-state index contributed by atoms with van der Waals surface area (Å²) in [7, 11) is 4.11. The van der Waals surface area contributed by atoms with E-state index in [1.807, 2.05) is 69.2 Å². The molecule has 0 unspecified atom stereocenters. The van der Waals surface area contributed by atoms with Crippen LogP contribution in [0, 0.1) is 0 Å². The van der Waals surface area contributed by atoms with E-state index in [4.69, 9.17) is 0 Å². The van der Waals surface area contributed by atoms with Crippen molar-refractivity contribution in [3.8, 4) is 11.1 Å². The average molecular weight is 627 g/mol. The minimum absolute atomic E-state index is 0.202. The van der Waals surface area contributed by atoms with Gasteiger partial charge in [-0.1, -0.05) is 175 Å². The van der Waals surface area contributed by atoms with E-state index in [1.165, 1.54) is 44.1 Å². The van der Waals surface area contributed by atoms with Crippen LogP contribution >= 0.6 is 0 Å². The zero-order valence-electron chi connectivity index (χ0n) is 32.8. The number of benzene rings is 4. The van der Waals surface area contributed by atoms with Crippen LogP contribution in [0.2, 0.25) is 0 Å². The summed E-state index contributed by atoms with van der Waals surface area (Å²) in [4.78, 5) is 2.12. The van der Waals surface area contributed by atoms with Crippen molar-refractivity contribution in [3.05, 3.63) is 108 Å². The van der Waals surface area contributed by atoms with Crippen LogP contribution in [0.25, 0.3) is 32.9 Å². The van der Waals surface area contributed by atoms with Crippen LogP contribution in [0.1, 0.15) is 114 Å². The van der Waals surface area contributed by atoms with E-state index in [9.17, 15) is 0 Å². The lowest BCUT2D eigenvalue weighted by atomic mass is 9.78. The summed E-state index contributed by atoms with van der Waals surface area (Å²) in [6.45, 7) is 31.1. The van der Waals surface area contributed by atoms with Gasteiger partial charge in [0.2, 0.25) is 0 Å². The van der Waals surface area contributed by atoms with Gasteiger partial charge in [0.1, 0.15) is 0 Å². The lowest BCUT2D eigenvalue weighted by molar-refractivity contribution is 0.434. The van der Waals surface area contributed by atoms with Crippen LogP contribution in [-0.2, 0) is 12.0 Å². The van der Waals surface area contributed by atoms with Gasteiger partial charge in [-0.15, -0.1) is 0 Å². The highest BCUT2D eigenvalue weighted by Crippen LogP contribution is 2.50. The number of hydrogen-bond acceptors (Lipinski definition) is 1. The summed E-state index contributed by atoms with van der Waals surface area (Å²) in [6.07, 6.45) is 1.15. The van der Waals surface area contributed by atoms with Crippen molar-refractivity contribution in [2.75, 3.05) is 20.6 Å². The first-order valence-electron chi connectivity index (χ1n) is 18.3. The van der Waals surface area contributed by atoms with Gasteiger partial charge < -0.3 is 9.47 Å². The highest BCUT2D eigenvalue weighted by molar-refractivity contribution is 6.07. The van der Waals surface area contributed by atoms with Crippen LogP contribution in [-0.4, -0.2) is 30.1 Å². The fraction of sp³-hybridized carbons (Fsp3) is 0.455. The molecule has 256 valence electrons. The van der Waals surface area contributed by atoms with Crippen molar-refractivity contribution in [3.63, 3.8) is 0 Å². The zero-order valence-corrected chi connectivity index (χ0v) is 32.8. The molecule has 4 aromatic carbocycles. The van der Waals surface area contributed by atoms with Crippen molar-refractivity contribution in [2.24, 2.45) is 0 Å². The fourth-order valence-corrected chi connectivity index (χ4v) is 5.27. The van der Waals surface area contributed by atoms with Crippen LogP contribution < -0.4 is 0 Å². The van der Waals surface area contributed by atoms with Crippen LogP contribution in [0.5, 0.6) is 0 Å². The smallest absolute Gasteiger partial charge is 0.0491 e. The summed E-state index contributed by atoms with van der Waals surface area (Å²) in [5.41, 5.74) is 8.68. The van der Waals surface area contributed by atoms with Gasteiger partial charge in [0.25, 0.3) is 0 Å². The molecule has 0 saturated heterocycles. The lowest BCUT2D eigenvalue weighted by Gasteiger charge is -2.25. The van der Waals surface area contributed by atoms with Gasteiger partial charge in [-0.2, -0.15) is 0 Å². The molecule has 0 saturated carbocycles. The second kappa shape index (κ2) is 25.8. The first kappa shape index (κ1) is 44.8. The monoisotopic (exact) mass is 627 g/mol. The molecule has 0 amide bonds. The Hall–Kier alpha value is -3.36. The fourth-order valence-electron chi connectivity index (χ4n) is 5.27. The predicted octanol–water partition coefficient (Wildman–Crippen LogP) is 13.9. The Kier molecular flexibility index (Phi) is 25.1. The van der Waals surface area contributed by atoms with Crippen LogP contribution in [0.4, 0.5) is 0 Å². The number of hydrogen-bond donors (Lipinski definition) is 0. The maximum Gasteiger partial charge on any atom is 0.0491 e. The Balaban J connectivity index is 0. The minimum atomic E-state index is 0.202.